The lowest BCUT2D eigenvalue weighted by molar-refractivity contribution is -0.143. The molecule has 10 heteroatoms. The largest absolute Gasteiger partial charge is 0.472 e. The van der Waals surface area contributed by atoms with Crippen molar-refractivity contribution >= 4 is 38.5 Å². The van der Waals surface area contributed by atoms with Crippen LogP contribution in [0, 0.1) is 30.0 Å². The number of amides is 1. The van der Waals surface area contributed by atoms with Crippen LogP contribution in [-0.4, -0.2) is 83.3 Å². The van der Waals surface area contributed by atoms with E-state index < -0.39 is 5.82 Å². The lowest BCUT2D eigenvalue weighted by Crippen LogP contribution is -2.43. The van der Waals surface area contributed by atoms with E-state index in [-0.39, 0.29) is 36.2 Å². The minimum atomic E-state index is -0.426. The first-order chi connectivity index (χ1) is 24.3. The molecule has 1 aliphatic carbocycles. The van der Waals surface area contributed by atoms with E-state index in [1.54, 1.807) is 6.07 Å². The van der Waals surface area contributed by atoms with Crippen molar-refractivity contribution in [3.8, 4) is 23.1 Å². The lowest BCUT2D eigenvalue weighted by Gasteiger charge is -2.38. The number of pyridine rings is 1. The molecule has 6 heterocycles. The van der Waals surface area contributed by atoms with Crippen LogP contribution in [0.4, 0.5) is 4.39 Å². The molecule has 0 radical (unpaired) electrons. The van der Waals surface area contributed by atoms with Gasteiger partial charge in [0, 0.05) is 47.2 Å². The SMILES string of the molecule is Cc1cc2c(nc(OC(C)[C@@H]3CCCN3C)c3cc(CN4CCOCC4=O)n([C@H]4[C@H]5CN[C@@H]4C5)c32)c(F)c1-c1cccc2cccc(C#N)c12. The Morgan fingerprint density at radius 1 is 1.18 bits per heavy atom. The molecule has 5 fully saturated rings. The van der Waals surface area contributed by atoms with Crippen LogP contribution in [0.15, 0.2) is 48.5 Å². The number of fused-ring (bicyclic) bond motifs is 5. The minimum absolute atomic E-state index is 0.0292. The molecule has 9 nitrogen and oxygen atoms in total. The quantitative estimate of drug-likeness (QED) is 0.224. The average molecular weight is 673 g/mol. The van der Waals surface area contributed by atoms with Crippen LogP contribution in [0.5, 0.6) is 5.88 Å². The highest BCUT2D eigenvalue weighted by Crippen LogP contribution is 2.49. The number of hydrogen-bond acceptors (Lipinski definition) is 7. The molecule has 50 heavy (non-hydrogen) atoms. The number of aryl methyl sites for hydroxylation is 1. The van der Waals surface area contributed by atoms with Crippen molar-refractivity contribution in [1.29, 1.82) is 5.26 Å². The predicted octanol–water partition coefficient (Wildman–Crippen LogP) is 6.08. The van der Waals surface area contributed by atoms with Gasteiger partial charge in [0.05, 0.1) is 41.7 Å². The van der Waals surface area contributed by atoms with E-state index in [1.807, 2.05) is 42.2 Å². The summed E-state index contributed by atoms with van der Waals surface area (Å²) in [5, 5.41) is 16.9. The van der Waals surface area contributed by atoms with Gasteiger partial charge >= 0.3 is 0 Å². The van der Waals surface area contributed by atoms with Gasteiger partial charge in [-0.15, -0.1) is 0 Å². The number of nitrogens with one attached hydrogen (secondary N) is 1. The fraction of sp³-hybridized carbons (Fsp3) is 0.425. The number of nitriles is 1. The zero-order chi connectivity index (χ0) is 34.3. The van der Waals surface area contributed by atoms with E-state index in [0.29, 0.717) is 54.2 Å². The van der Waals surface area contributed by atoms with Crippen LogP contribution in [0.1, 0.15) is 49.0 Å². The molecule has 256 valence electrons. The lowest BCUT2D eigenvalue weighted by atomic mass is 9.79. The zero-order valence-corrected chi connectivity index (χ0v) is 28.7. The molecule has 2 bridgehead atoms. The Kier molecular flexibility index (Phi) is 7.57. The number of carbonyl (C=O) groups is 1. The molecular formula is C40H41FN6O3. The van der Waals surface area contributed by atoms with Crippen molar-refractivity contribution in [3.05, 3.63) is 71.2 Å². The molecule has 5 aliphatic rings. The molecule has 0 spiro atoms. The van der Waals surface area contributed by atoms with Gasteiger partial charge in [-0.1, -0.05) is 30.3 Å². The van der Waals surface area contributed by atoms with Gasteiger partial charge in [0.25, 0.3) is 0 Å². The summed E-state index contributed by atoms with van der Waals surface area (Å²) in [7, 11) is 2.13. The molecule has 1 unspecified atom stereocenters. The van der Waals surface area contributed by atoms with Crippen molar-refractivity contribution in [2.24, 2.45) is 5.92 Å². The van der Waals surface area contributed by atoms with Gasteiger partial charge in [0.2, 0.25) is 11.8 Å². The van der Waals surface area contributed by atoms with E-state index in [0.717, 1.165) is 70.7 Å². The molecule has 1 N–H and O–H groups in total. The summed E-state index contributed by atoms with van der Waals surface area (Å²) < 4.78 is 32.2. The number of morpholine rings is 1. The Morgan fingerprint density at radius 2 is 2.02 bits per heavy atom. The third-order valence-corrected chi connectivity index (χ3v) is 11.8. The molecule has 10 rings (SSSR count). The van der Waals surface area contributed by atoms with Gasteiger partial charge < -0.3 is 24.3 Å². The first kappa shape index (κ1) is 31.4. The number of halogens is 1. The molecule has 1 saturated carbocycles. The fourth-order valence-corrected chi connectivity index (χ4v) is 9.30. The number of benzene rings is 3. The Balaban J connectivity index is 1.31. The number of carbonyl (C=O) groups excluding carboxylic acids is 1. The monoisotopic (exact) mass is 672 g/mol. The Morgan fingerprint density at radius 3 is 2.74 bits per heavy atom. The van der Waals surface area contributed by atoms with E-state index in [9.17, 15) is 10.1 Å². The van der Waals surface area contributed by atoms with Crippen molar-refractivity contribution < 1.29 is 18.7 Å². The van der Waals surface area contributed by atoms with Crippen LogP contribution in [0.3, 0.4) is 0 Å². The summed E-state index contributed by atoms with van der Waals surface area (Å²) in [5.41, 5.74) is 4.53. The maximum atomic E-state index is 17.5. The highest BCUT2D eigenvalue weighted by atomic mass is 19.1. The van der Waals surface area contributed by atoms with Gasteiger partial charge in [-0.25, -0.2) is 9.37 Å². The second-order valence-corrected chi connectivity index (χ2v) is 14.7. The first-order valence-corrected chi connectivity index (χ1v) is 17.9. The minimum Gasteiger partial charge on any atom is -0.472 e. The molecule has 4 saturated heterocycles. The number of likely N-dealkylation sites (N-methyl/N-ethyl adjacent to an activating group) is 1. The van der Waals surface area contributed by atoms with E-state index in [4.69, 9.17) is 14.5 Å². The Bertz CT molecular complexity index is 2220. The van der Waals surface area contributed by atoms with E-state index in [2.05, 4.69) is 47.0 Å². The van der Waals surface area contributed by atoms with Gasteiger partial charge in [0.15, 0.2) is 5.82 Å². The molecule has 4 aliphatic heterocycles. The normalized spacial score (nSPS) is 24.3. The van der Waals surface area contributed by atoms with Crippen molar-refractivity contribution in [2.45, 2.75) is 63.9 Å². The van der Waals surface area contributed by atoms with Gasteiger partial charge in [-0.05, 0) is 87.3 Å². The van der Waals surface area contributed by atoms with Crippen LogP contribution in [-0.2, 0) is 16.1 Å². The van der Waals surface area contributed by atoms with Gasteiger partial charge in [-0.3, -0.25) is 9.69 Å². The first-order valence-electron chi connectivity index (χ1n) is 17.9. The van der Waals surface area contributed by atoms with Gasteiger partial charge in [0.1, 0.15) is 18.2 Å². The molecule has 5 atom stereocenters. The van der Waals surface area contributed by atoms with Crippen LogP contribution >= 0.6 is 0 Å². The topological polar surface area (TPSA) is 95.7 Å². The second kappa shape index (κ2) is 12.0. The number of nitrogens with zero attached hydrogens (tertiary/aromatic N) is 5. The van der Waals surface area contributed by atoms with Crippen LogP contribution in [0.25, 0.3) is 43.7 Å². The van der Waals surface area contributed by atoms with Crippen molar-refractivity contribution in [2.75, 3.05) is 39.9 Å². The predicted molar refractivity (Wildman–Crippen MR) is 191 cm³/mol. The van der Waals surface area contributed by atoms with E-state index >= 15 is 4.39 Å². The molecule has 3 aromatic carbocycles. The summed E-state index contributed by atoms with van der Waals surface area (Å²) in [5.74, 6) is 0.403. The summed E-state index contributed by atoms with van der Waals surface area (Å²) >= 11 is 0. The highest BCUT2D eigenvalue weighted by Gasteiger charge is 2.49. The molecular weight excluding hydrogens is 631 g/mol. The Labute approximate surface area is 290 Å². The summed E-state index contributed by atoms with van der Waals surface area (Å²) in [6.45, 7) is 7.51. The molecule has 5 aromatic rings. The maximum absolute atomic E-state index is 17.5. The number of hydrogen-bond donors (Lipinski definition) is 1. The maximum Gasteiger partial charge on any atom is 0.248 e. The number of ether oxygens (including phenoxy) is 2. The third kappa shape index (κ3) is 4.82. The summed E-state index contributed by atoms with van der Waals surface area (Å²) in [4.78, 5) is 22.2. The summed E-state index contributed by atoms with van der Waals surface area (Å²) in [6.07, 6.45) is 3.05. The smallest absolute Gasteiger partial charge is 0.248 e. The number of aromatic nitrogens is 2. The third-order valence-electron chi connectivity index (χ3n) is 11.8. The number of likely N-dealkylation sites (tertiary alicyclic amines) is 1. The summed E-state index contributed by atoms with van der Waals surface area (Å²) in [6, 6.07) is 18.6. The fourth-order valence-electron chi connectivity index (χ4n) is 9.30. The van der Waals surface area contributed by atoms with Crippen LogP contribution in [0.2, 0.25) is 0 Å². The van der Waals surface area contributed by atoms with E-state index in [1.165, 1.54) is 0 Å². The molecule has 1 amide bonds. The molecule has 2 aromatic heterocycles. The highest BCUT2D eigenvalue weighted by molar-refractivity contribution is 6.10. The van der Waals surface area contributed by atoms with Crippen LogP contribution < -0.4 is 10.1 Å². The number of rotatable bonds is 7. The average Bonchev–Trinajstić information content (AvgIpc) is 3.92. The van der Waals surface area contributed by atoms with Crippen molar-refractivity contribution in [3.63, 3.8) is 0 Å². The zero-order valence-electron chi connectivity index (χ0n) is 28.7. The standard InChI is InChI=1S/C40H41FN6O3/c1-22-15-29-37(36(41)34(22)28-10-5-8-24-7-4-9-25(18-42)35(24)28)44-40(50-23(2)32-11-6-12-45(32)3)30-17-27(20-46-13-14-49-21-33(46)48)47(39(29)30)38-26-16-31(38)43-19-26/h4-5,7-10,15,17,23,26,31-32,38,43H,6,11-14,16,19-21H2,1-3H3/t23?,26-,31-,32+,38+/m1/s1. The Hall–Kier alpha value is -4.56. The van der Waals surface area contributed by atoms with Gasteiger partial charge in [-0.2, -0.15) is 5.26 Å². The second-order valence-electron chi connectivity index (χ2n) is 14.7. The van der Waals surface area contributed by atoms with Crippen molar-refractivity contribution in [1.82, 2.24) is 24.7 Å².